The van der Waals surface area contributed by atoms with E-state index in [1.807, 2.05) is 25.1 Å². The number of carbonyl (C=O) groups is 1. The molecule has 0 aromatic heterocycles. The van der Waals surface area contributed by atoms with Gasteiger partial charge in [-0.25, -0.2) is 0 Å². The first-order valence-corrected chi connectivity index (χ1v) is 7.40. The second-order valence-electron chi connectivity index (χ2n) is 6.24. The molecule has 0 heterocycles. The van der Waals surface area contributed by atoms with E-state index in [2.05, 4.69) is 11.4 Å². The summed E-state index contributed by atoms with van der Waals surface area (Å²) in [6, 6.07) is 11.4. The van der Waals surface area contributed by atoms with Crippen LogP contribution in [0.5, 0.6) is 0 Å². The van der Waals surface area contributed by atoms with Gasteiger partial charge in [0, 0.05) is 0 Å². The van der Waals surface area contributed by atoms with Gasteiger partial charge in [0.1, 0.15) is 5.54 Å². The van der Waals surface area contributed by atoms with Gasteiger partial charge in [0.25, 0.3) is 0 Å². The standard InChI is InChI=1S/C17H22N2O2/c1-13-7-6-10-17(13,12-18)19-15(20)11-16(2,21)14-8-4-3-5-9-14/h3-5,8-9,13,21H,6-7,10-11H2,1-2H3,(H,19,20). The van der Waals surface area contributed by atoms with E-state index >= 15 is 0 Å². The molecule has 112 valence electrons. The van der Waals surface area contributed by atoms with Crippen LogP contribution in [0.3, 0.4) is 0 Å². The van der Waals surface area contributed by atoms with Crippen LogP contribution in [0.2, 0.25) is 0 Å². The van der Waals surface area contributed by atoms with Crippen LogP contribution in [-0.2, 0) is 10.4 Å². The van der Waals surface area contributed by atoms with Crippen LogP contribution in [-0.4, -0.2) is 16.6 Å². The summed E-state index contributed by atoms with van der Waals surface area (Å²) in [4.78, 5) is 12.3. The van der Waals surface area contributed by atoms with Crippen LogP contribution in [0.15, 0.2) is 30.3 Å². The number of nitrogens with one attached hydrogen (secondary N) is 1. The quantitative estimate of drug-likeness (QED) is 0.893. The van der Waals surface area contributed by atoms with Gasteiger partial charge in [-0.3, -0.25) is 4.79 Å². The van der Waals surface area contributed by atoms with Crippen molar-refractivity contribution in [3.05, 3.63) is 35.9 Å². The first-order valence-electron chi connectivity index (χ1n) is 7.40. The lowest BCUT2D eigenvalue weighted by Crippen LogP contribution is -2.50. The van der Waals surface area contributed by atoms with Crippen molar-refractivity contribution < 1.29 is 9.90 Å². The van der Waals surface area contributed by atoms with E-state index in [0.29, 0.717) is 12.0 Å². The average molecular weight is 286 g/mol. The molecule has 0 bridgehead atoms. The van der Waals surface area contributed by atoms with Crippen molar-refractivity contribution in [1.29, 1.82) is 5.26 Å². The molecule has 1 aliphatic rings. The van der Waals surface area contributed by atoms with Crippen molar-refractivity contribution >= 4 is 5.91 Å². The molecule has 0 saturated heterocycles. The van der Waals surface area contributed by atoms with Crippen LogP contribution in [0.25, 0.3) is 0 Å². The van der Waals surface area contributed by atoms with Crippen LogP contribution in [0.1, 0.15) is 45.1 Å². The predicted molar refractivity (Wildman–Crippen MR) is 80.1 cm³/mol. The third kappa shape index (κ3) is 3.25. The average Bonchev–Trinajstić information content (AvgIpc) is 2.80. The molecule has 1 amide bonds. The maximum Gasteiger partial charge on any atom is 0.224 e. The minimum Gasteiger partial charge on any atom is -0.385 e. The Morgan fingerprint density at radius 1 is 1.52 bits per heavy atom. The minimum absolute atomic E-state index is 0.0484. The van der Waals surface area contributed by atoms with E-state index in [4.69, 9.17) is 0 Å². The van der Waals surface area contributed by atoms with E-state index in [1.54, 1.807) is 19.1 Å². The van der Waals surface area contributed by atoms with Crippen LogP contribution >= 0.6 is 0 Å². The van der Waals surface area contributed by atoms with Gasteiger partial charge in [-0.15, -0.1) is 0 Å². The van der Waals surface area contributed by atoms with E-state index in [-0.39, 0.29) is 18.2 Å². The molecule has 21 heavy (non-hydrogen) atoms. The summed E-state index contributed by atoms with van der Waals surface area (Å²) >= 11 is 0. The van der Waals surface area contributed by atoms with Crippen LogP contribution in [0.4, 0.5) is 0 Å². The van der Waals surface area contributed by atoms with Crippen molar-refractivity contribution in [3.8, 4) is 6.07 Å². The monoisotopic (exact) mass is 286 g/mol. The fraction of sp³-hybridized carbons (Fsp3) is 0.529. The van der Waals surface area contributed by atoms with Gasteiger partial charge in [-0.05, 0) is 37.7 Å². The Hall–Kier alpha value is -1.86. The SMILES string of the molecule is CC1CCCC1(C#N)NC(=O)CC(C)(O)c1ccccc1. The number of carbonyl (C=O) groups excluding carboxylic acids is 1. The number of rotatable bonds is 4. The highest BCUT2D eigenvalue weighted by atomic mass is 16.3. The normalized spacial score (nSPS) is 27.6. The Morgan fingerprint density at radius 2 is 2.19 bits per heavy atom. The van der Waals surface area contributed by atoms with Crippen molar-refractivity contribution in [1.82, 2.24) is 5.32 Å². The smallest absolute Gasteiger partial charge is 0.224 e. The van der Waals surface area contributed by atoms with Gasteiger partial charge in [0.15, 0.2) is 0 Å². The number of nitrogens with zero attached hydrogens (tertiary/aromatic N) is 1. The molecule has 2 rings (SSSR count). The summed E-state index contributed by atoms with van der Waals surface area (Å²) in [6.07, 6.45) is 2.53. The highest BCUT2D eigenvalue weighted by molar-refractivity contribution is 5.78. The zero-order valence-corrected chi connectivity index (χ0v) is 12.6. The second-order valence-corrected chi connectivity index (χ2v) is 6.24. The maximum absolute atomic E-state index is 12.3. The highest BCUT2D eigenvalue weighted by Crippen LogP contribution is 2.35. The Balaban J connectivity index is 2.07. The molecule has 4 heteroatoms. The number of nitriles is 1. The summed E-state index contributed by atoms with van der Waals surface area (Å²) in [6.45, 7) is 3.62. The molecular weight excluding hydrogens is 264 g/mol. The first-order chi connectivity index (χ1) is 9.89. The van der Waals surface area contributed by atoms with Gasteiger partial charge in [0.2, 0.25) is 5.91 Å². The summed E-state index contributed by atoms with van der Waals surface area (Å²) < 4.78 is 0. The van der Waals surface area contributed by atoms with Crippen LogP contribution < -0.4 is 5.32 Å². The number of benzene rings is 1. The summed E-state index contributed by atoms with van der Waals surface area (Å²) in [7, 11) is 0. The molecule has 3 unspecified atom stereocenters. The largest absolute Gasteiger partial charge is 0.385 e. The zero-order valence-electron chi connectivity index (χ0n) is 12.6. The Kier molecular flexibility index (Phi) is 4.34. The van der Waals surface area contributed by atoms with Crippen molar-refractivity contribution in [2.24, 2.45) is 5.92 Å². The highest BCUT2D eigenvalue weighted by Gasteiger charge is 2.42. The number of hydrogen-bond donors (Lipinski definition) is 2. The fourth-order valence-electron chi connectivity index (χ4n) is 3.06. The lowest BCUT2D eigenvalue weighted by atomic mass is 9.88. The molecule has 1 fully saturated rings. The molecule has 1 aromatic rings. The molecule has 1 aliphatic carbocycles. The lowest BCUT2D eigenvalue weighted by Gasteiger charge is -2.30. The number of hydrogen-bond acceptors (Lipinski definition) is 3. The summed E-state index contributed by atoms with van der Waals surface area (Å²) in [5.74, 6) is -0.132. The third-order valence-electron chi connectivity index (χ3n) is 4.51. The van der Waals surface area contributed by atoms with Gasteiger partial charge in [-0.1, -0.05) is 37.3 Å². The Morgan fingerprint density at radius 3 is 2.71 bits per heavy atom. The van der Waals surface area contributed by atoms with Crippen LogP contribution in [0, 0.1) is 17.2 Å². The topological polar surface area (TPSA) is 73.1 Å². The molecular formula is C17H22N2O2. The zero-order chi connectivity index (χ0) is 15.5. The first kappa shape index (κ1) is 15.5. The maximum atomic E-state index is 12.3. The molecule has 1 saturated carbocycles. The molecule has 2 N–H and O–H groups in total. The van der Waals surface area contributed by atoms with E-state index in [1.165, 1.54) is 0 Å². The lowest BCUT2D eigenvalue weighted by molar-refractivity contribution is -0.127. The van der Waals surface area contributed by atoms with Gasteiger partial charge < -0.3 is 10.4 Å². The van der Waals surface area contributed by atoms with Crippen molar-refractivity contribution in [2.75, 3.05) is 0 Å². The molecule has 0 radical (unpaired) electrons. The van der Waals surface area contributed by atoms with Gasteiger partial charge in [0.05, 0.1) is 18.1 Å². The summed E-state index contributed by atoms with van der Waals surface area (Å²) in [5, 5.41) is 22.8. The molecule has 4 nitrogen and oxygen atoms in total. The predicted octanol–water partition coefficient (Wildman–Crippen LogP) is 2.48. The van der Waals surface area contributed by atoms with Gasteiger partial charge in [-0.2, -0.15) is 5.26 Å². The van der Waals surface area contributed by atoms with Crippen molar-refractivity contribution in [2.45, 2.75) is 50.7 Å². The third-order valence-corrected chi connectivity index (χ3v) is 4.51. The van der Waals surface area contributed by atoms with E-state index in [0.717, 1.165) is 12.8 Å². The van der Waals surface area contributed by atoms with Crippen molar-refractivity contribution in [3.63, 3.8) is 0 Å². The molecule has 0 spiro atoms. The summed E-state index contributed by atoms with van der Waals surface area (Å²) in [5.41, 5.74) is -1.31. The Bertz CT molecular complexity index is 548. The number of aliphatic hydroxyl groups is 1. The van der Waals surface area contributed by atoms with Gasteiger partial charge >= 0.3 is 0 Å². The Labute approximate surface area is 125 Å². The molecule has 0 aliphatic heterocycles. The number of amides is 1. The second kappa shape index (κ2) is 5.87. The van der Waals surface area contributed by atoms with E-state index < -0.39 is 11.1 Å². The van der Waals surface area contributed by atoms with E-state index in [9.17, 15) is 15.2 Å². The minimum atomic E-state index is -1.23. The fourth-order valence-corrected chi connectivity index (χ4v) is 3.06. The molecule has 1 aromatic carbocycles. The molecule has 3 atom stereocenters.